The van der Waals surface area contributed by atoms with Gasteiger partial charge in [-0.15, -0.1) is 0 Å². The summed E-state index contributed by atoms with van der Waals surface area (Å²) < 4.78 is 0. The second-order valence-corrected chi connectivity index (χ2v) is 3.76. The van der Waals surface area contributed by atoms with Gasteiger partial charge in [-0.3, -0.25) is 0 Å². The Bertz CT molecular complexity index is 180. The first-order chi connectivity index (χ1) is 6.15. The van der Waals surface area contributed by atoms with Crippen molar-refractivity contribution >= 4 is 6.03 Å². The Morgan fingerprint density at radius 2 is 2.31 bits per heavy atom. The van der Waals surface area contributed by atoms with Gasteiger partial charge < -0.3 is 16.0 Å². The van der Waals surface area contributed by atoms with Gasteiger partial charge >= 0.3 is 6.03 Å². The van der Waals surface area contributed by atoms with Crippen LogP contribution in [0.4, 0.5) is 4.79 Å². The SMILES string of the molecule is CC(CCN)N(C)C(=O)NC1CC1. The molecule has 0 aromatic carbocycles. The Morgan fingerprint density at radius 1 is 1.69 bits per heavy atom. The maximum atomic E-state index is 11.5. The predicted octanol–water partition coefficient (Wildman–Crippen LogP) is 0.527. The summed E-state index contributed by atoms with van der Waals surface area (Å²) in [6.07, 6.45) is 3.12. The number of hydrogen-bond acceptors (Lipinski definition) is 2. The van der Waals surface area contributed by atoms with E-state index in [0.29, 0.717) is 12.6 Å². The Labute approximate surface area is 79.5 Å². The van der Waals surface area contributed by atoms with Gasteiger partial charge in [0.25, 0.3) is 0 Å². The first-order valence-corrected chi connectivity index (χ1v) is 4.88. The number of rotatable bonds is 4. The average Bonchev–Trinajstić information content (AvgIpc) is 2.87. The van der Waals surface area contributed by atoms with Crippen molar-refractivity contribution < 1.29 is 4.79 Å². The summed E-state index contributed by atoms with van der Waals surface area (Å²) in [6, 6.07) is 0.687. The van der Waals surface area contributed by atoms with E-state index >= 15 is 0 Å². The normalized spacial score (nSPS) is 18.1. The zero-order chi connectivity index (χ0) is 9.84. The highest BCUT2D eigenvalue weighted by Crippen LogP contribution is 2.19. The topological polar surface area (TPSA) is 58.4 Å². The molecule has 2 amide bonds. The lowest BCUT2D eigenvalue weighted by Crippen LogP contribution is -2.43. The molecule has 0 saturated heterocycles. The number of carbonyl (C=O) groups excluding carboxylic acids is 1. The van der Waals surface area contributed by atoms with E-state index in [-0.39, 0.29) is 12.1 Å². The molecular weight excluding hydrogens is 166 g/mol. The highest BCUT2D eigenvalue weighted by atomic mass is 16.2. The Hall–Kier alpha value is -0.770. The van der Waals surface area contributed by atoms with E-state index in [0.717, 1.165) is 19.3 Å². The van der Waals surface area contributed by atoms with Crippen LogP contribution in [0.1, 0.15) is 26.2 Å². The van der Waals surface area contributed by atoms with Gasteiger partial charge in [0.1, 0.15) is 0 Å². The number of amides is 2. The fourth-order valence-corrected chi connectivity index (χ4v) is 1.14. The average molecular weight is 185 g/mol. The van der Waals surface area contributed by atoms with Crippen LogP contribution in [0.25, 0.3) is 0 Å². The first kappa shape index (κ1) is 10.3. The van der Waals surface area contributed by atoms with Crippen LogP contribution >= 0.6 is 0 Å². The van der Waals surface area contributed by atoms with Crippen molar-refractivity contribution in [3.05, 3.63) is 0 Å². The minimum absolute atomic E-state index is 0.0310. The summed E-state index contributed by atoms with van der Waals surface area (Å²) in [5.41, 5.74) is 5.42. The van der Waals surface area contributed by atoms with Crippen LogP contribution in [-0.4, -0.2) is 36.6 Å². The fraction of sp³-hybridized carbons (Fsp3) is 0.889. The van der Waals surface area contributed by atoms with Gasteiger partial charge in [0.05, 0.1) is 0 Å². The van der Waals surface area contributed by atoms with Crippen LogP contribution in [0.5, 0.6) is 0 Å². The van der Waals surface area contributed by atoms with Crippen LogP contribution < -0.4 is 11.1 Å². The van der Waals surface area contributed by atoms with Crippen molar-refractivity contribution in [2.24, 2.45) is 5.73 Å². The van der Waals surface area contributed by atoms with E-state index < -0.39 is 0 Å². The number of urea groups is 1. The molecule has 0 spiro atoms. The highest BCUT2D eigenvalue weighted by molar-refractivity contribution is 5.74. The molecule has 4 heteroatoms. The molecule has 1 fully saturated rings. The van der Waals surface area contributed by atoms with Crippen molar-refractivity contribution in [2.45, 2.75) is 38.3 Å². The third-order valence-electron chi connectivity index (χ3n) is 2.47. The summed E-state index contributed by atoms with van der Waals surface area (Å²) >= 11 is 0. The minimum atomic E-state index is 0.0310. The largest absolute Gasteiger partial charge is 0.335 e. The lowest BCUT2D eigenvalue weighted by Gasteiger charge is -2.24. The Morgan fingerprint density at radius 3 is 2.77 bits per heavy atom. The quantitative estimate of drug-likeness (QED) is 0.671. The molecule has 0 aromatic heterocycles. The minimum Gasteiger partial charge on any atom is -0.335 e. The molecule has 0 bridgehead atoms. The molecule has 1 saturated carbocycles. The number of nitrogens with zero attached hydrogens (tertiary/aromatic N) is 1. The first-order valence-electron chi connectivity index (χ1n) is 4.88. The Balaban J connectivity index is 2.26. The third-order valence-corrected chi connectivity index (χ3v) is 2.47. The molecule has 76 valence electrons. The van der Waals surface area contributed by atoms with Crippen LogP contribution in [0, 0.1) is 0 Å². The molecular formula is C9H19N3O. The van der Waals surface area contributed by atoms with Crippen molar-refractivity contribution in [2.75, 3.05) is 13.6 Å². The Kier molecular flexibility index (Phi) is 3.54. The van der Waals surface area contributed by atoms with E-state index in [2.05, 4.69) is 5.32 Å². The van der Waals surface area contributed by atoms with E-state index in [1.807, 2.05) is 14.0 Å². The monoisotopic (exact) mass is 185 g/mol. The molecule has 1 aliphatic carbocycles. The number of carbonyl (C=O) groups is 1. The summed E-state index contributed by atoms with van der Waals surface area (Å²) in [6.45, 7) is 2.64. The molecule has 0 heterocycles. The molecule has 0 radical (unpaired) electrons. The fourth-order valence-electron chi connectivity index (χ4n) is 1.14. The van der Waals surface area contributed by atoms with Gasteiger partial charge in [0.2, 0.25) is 0 Å². The summed E-state index contributed by atoms with van der Waals surface area (Å²) in [5.74, 6) is 0. The van der Waals surface area contributed by atoms with Crippen molar-refractivity contribution in [3.8, 4) is 0 Å². The van der Waals surface area contributed by atoms with Gasteiger partial charge in [-0.05, 0) is 32.7 Å². The standard InChI is InChI=1S/C9H19N3O/c1-7(5-6-10)12(2)9(13)11-8-3-4-8/h7-8H,3-6,10H2,1-2H3,(H,11,13). The molecule has 3 N–H and O–H groups in total. The molecule has 0 aliphatic heterocycles. The second-order valence-electron chi connectivity index (χ2n) is 3.76. The third kappa shape index (κ3) is 3.22. The molecule has 1 atom stereocenters. The molecule has 4 nitrogen and oxygen atoms in total. The van der Waals surface area contributed by atoms with E-state index in [4.69, 9.17) is 5.73 Å². The molecule has 1 rings (SSSR count). The van der Waals surface area contributed by atoms with Crippen LogP contribution in [0.15, 0.2) is 0 Å². The smallest absolute Gasteiger partial charge is 0.317 e. The van der Waals surface area contributed by atoms with Gasteiger partial charge in [-0.2, -0.15) is 0 Å². The van der Waals surface area contributed by atoms with E-state index in [9.17, 15) is 4.79 Å². The summed E-state index contributed by atoms with van der Waals surface area (Å²) in [5, 5.41) is 2.94. The number of nitrogens with two attached hydrogens (primary N) is 1. The van der Waals surface area contributed by atoms with Gasteiger partial charge in [-0.25, -0.2) is 4.79 Å². The van der Waals surface area contributed by atoms with Crippen LogP contribution in [-0.2, 0) is 0 Å². The van der Waals surface area contributed by atoms with Crippen LogP contribution in [0.2, 0.25) is 0 Å². The van der Waals surface area contributed by atoms with Gasteiger partial charge in [0, 0.05) is 19.1 Å². The summed E-state index contributed by atoms with van der Waals surface area (Å²) in [7, 11) is 1.82. The van der Waals surface area contributed by atoms with E-state index in [1.54, 1.807) is 4.90 Å². The van der Waals surface area contributed by atoms with Crippen molar-refractivity contribution in [1.29, 1.82) is 0 Å². The maximum absolute atomic E-state index is 11.5. The molecule has 13 heavy (non-hydrogen) atoms. The van der Waals surface area contributed by atoms with Gasteiger partial charge in [-0.1, -0.05) is 0 Å². The number of nitrogens with one attached hydrogen (secondary N) is 1. The van der Waals surface area contributed by atoms with Gasteiger partial charge in [0.15, 0.2) is 0 Å². The lowest BCUT2D eigenvalue weighted by molar-refractivity contribution is 0.191. The van der Waals surface area contributed by atoms with E-state index in [1.165, 1.54) is 0 Å². The second kappa shape index (κ2) is 4.46. The van der Waals surface area contributed by atoms with Crippen LogP contribution in [0.3, 0.4) is 0 Å². The predicted molar refractivity (Wildman–Crippen MR) is 52.5 cm³/mol. The summed E-state index contributed by atoms with van der Waals surface area (Å²) in [4.78, 5) is 13.2. The molecule has 0 aromatic rings. The molecule has 1 aliphatic rings. The number of hydrogen-bond donors (Lipinski definition) is 2. The van der Waals surface area contributed by atoms with Crippen molar-refractivity contribution in [1.82, 2.24) is 10.2 Å². The lowest BCUT2D eigenvalue weighted by atomic mass is 10.2. The zero-order valence-electron chi connectivity index (χ0n) is 8.42. The molecule has 1 unspecified atom stereocenters. The maximum Gasteiger partial charge on any atom is 0.317 e. The van der Waals surface area contributed by atoms with Crippen molar-refractivity contribution in [3.63, 3.8) is 0 Å². The highest BCUT2D eigenvalue weighted by Gasteiger charge is 2.25. The zero-order valence-corrected chi connectivity index (χ0v) is 8.42.